The molecule has 3 aromatic carbocycles. The van der Waals surface area contributed by atoms with Gasteiger partial charge in [-0.05, 0) is 48.7 Å². The molecule has 0 spiro atoms. The van der Waals surface area contributed by atoms with Gasteiger partial charge in [0.15, 0.2) is 0 Å². The number of nitrogens with zero attached hydrogens (tertiary/aromatic N) is 2. The quantitative estimate of drug-likeness (QED) is 0.347. The lowest BCUT2D eigenvalue weighted by Gasteiger charge is -2.33. The summed E-state index contributed by atoms with van der Waals surface area (Å²) in [7, 11) is -2.24. The summed E-state index contributed by atoms with van der Waals surface area (Å²) in [6, 6.07) is 22.8. The van der Waals surface area contributed by atoms with Gasteiger partial charge in [0, 0.05) is 19.5 Å². The summed E-state index contributed by atoms with van der Waals surface area (Å²) in [4.78, 5) is 29.0. The molecule has 0 aliphatic carbocycles. The number of aryl methyl sites for hydroxylation is 1. The molecule has 2 amide bonds. The Hall–Kier alpha value is -3.85. The van der Waals surface area contributed by atoms with E-state index in [1.807, 2.05) is 56.3 Å². The summed E-state index contributed by atoms with van der Waals surface area (Å²) >= 11 is 0. The Balaban J connectivity index is 2.04. The third-order valence-corrected chi connectivity index (χ3v) is 7.45. The first-order valence-electron chi connectivity index (χ1n) is 12.9. The summed E-state index contributed by atoms with van der Waals surface area (Å²) in [5.41, 5.74) is 2.99. The molecule has 208 valence electrons. The molecule has 0 bridgehead atoms. The third-order valence-electron chi connectivity index (χ3n) is 6.31. The second-order valence-electron chi connectivity index (χ2n) is 9.47. The number of nitrogens with one attached hydrogen (secondary N) is 1. The number of methoxy groups -OCH3 is 1. The van der Waals surface area contributed by atoms with Crippen LogP contribution in [0.3, 0.4) is 0 Å². The van der Waals surface area contributed by atoms with Crippen molar-refractivity contribution in [3.05, 3.63) is 95.6 Å². The van der Waals surface area contributed by atoms with Gasteiger partial charge in [0.05, 0.1) is 19.1 Å². The molecule has 1 atom stereocenters. The fourth-order valence-corrected chi connectivity index (χ4v) is 5.06. The van der Waals surface area contributed by atoms with Crippen LogP contribution in [-0.4, -0.2) is 57.6 Å². The molecule has 8 nitrogen and oxygen atoms in total. The van der Waals surface area contributed by atoms with Crippen molar-refractivity contribution in [1.82, 2.24) is 10.2 Å². The highest BCUT2D eigenvalue weighted by Gasteiger charge is 2.33. The average Bonchev–Trinajstić information content (AvgIpc) is 2.92. The van der Waals surface area contributed by atoms with Gasteiger partial charge < -0.3 is 15.0 Å². The van der Waals surface area contributed by atoms with Crippen LogP contribution < -0.4 is 14.4 Å². The molecule has 0 radical (unpaired) electrons. The van der Waals surface area contributed by atoms with E-state index in [2.05, 4.69) is 5.32 Å². The van der Waals surface area contributed by atoms with Gasteiger partial charge >= 0.3 is 0 Å². The van der Waals surface area contributed by atoms with E-state index in [0.29, 0.717) is 18.0 Å². The number of benzene rings is 3. The maximum Gasteiger partial charge on any atom is 0.244 e. The molecule has 0 heterocycles. The van der Waals surface area contributed by atoms with E-state index in [1.54, 1.807) is 43.5 Å². The number of rotatable bonds is 13. The van der Waals surface area contributed by atoms with Gasteiger partial charge in [-0.15, -0.1) is 0 Å². The van der Waals surface area contributed by atoms with Gasteiger partial charge in [-0.1, -0.05) is 67.1 Å². The van der Waals surface area contributed by atoms with Gasteiger partial charge in [0.2, 0.25) is 21.8 Å². The molecule has 1 N–H and O–H groups in total. The number of hydrogen-bond donors (Lipinski definition) is 1. The van der Waals surface area contributed by atoms with Crippen molar-refractivity contribution in [1.29, 1.82) is 0 Å². The number of sulfonamides is 1. The van der Waals surface area contributed by atoms with Gasteiger partial charge in [-0.2, -0.15) is 0 Å². The molecule has 0 fully saturated rings. The van der Waals surface area contributed by atoms with Gasteiger partial charge in [0.25, 0.3) is 0 Å². The second-order valence-corrected chi connectivity index (χ2v) is 11.4. The molecule has 3 rings (SSSR count). The Labute approximate surface area is 231 Å². The van der Waals surface area contributed by atoms with Crippen LogP contribution in [0, 0.1) is 6.92 Å². The number of carbonyl (C=O) groups is 2. The van der Waals surface area contributed by atoms with E-state index in [1.165, 1.54) is 4.90 Å². The Bertz CT molecular complexity index is 1340. The van der Waals surface area contributed by atoms with Crippen molar-refractivity contribution < 1.29 is 22.7 Å². The highest BCUT2D eigenvalue weighted by Crippen LogP contribution is 2.22. The average molecular weight is 552 g/mol. The first-order chi connectivity index (χ1) is 18.6. The molecule has 0 saturated heterocycles. The molecule has 9 heteroatoms. The van der Waals surface area contributed by atoms with Crippen molar-refractivity contribution in [2.75, 3.05) is 30.8 Å². The van der Waals surface area contributed by atoms with Crippen molar-refractivity contribution in [3.63, 3.8) is 0 Å². The van der Waals surface area contributed by atoms with Crippen LogP contribution in [-0.2, 0) is 32.6 Å². The predicted molar refractivity (Wildman–Crippen MR) is 154 cm³/mol. The third kappa shape index (κ3) is 8.58. The van der Waals surface area contributed by atoms with Gasteiger partial charge in [-0.25, -0.2) is 8.42 Å². The van der Waals surface area contributed by atoms with E-state index >= 15 is 0 Å². The minimum atomic E-state index is -3.80. The fourth-order valence-electron chi connectivity index (χ4n) is 4.21. The molecule has 0 aromatic heterocycles. The van der Waals surface area contributed by atoms with Crippen LogP contribution in [0.15, 0.2) is 78.9 Å². The zero-order chi connectivity index (χ0) is 28.4. The maximum atomic E-state index is 14.0. The van der Waals surface area contributed by atoms with E-state index in [-0.39, 0.29) is 18.9 Å². The Morgan fingerprint density at radius 2 is 1.62 bits per heavy atom. The second kappa shape index (κ2) is 13.8. The van der Waals surface area contributed by atoms with Gasteiger partial charge in [0.1, 0.15) is 18.3 Å². The van der Waals surface area contributed by atoms with Crippen molar-refractivity contribution in [2.24, 2.45) is 0 Å². The largest absolute Gasteiger partial charge is 0.497 e. The number of amides is 2. The summed E-state index contributed by atoms with van der Waals surface area (Å²) in [6.45, 7) is 3.97. The minimum Gasteiger partial charge on any atom is -0.497 e. The molecule has 3 aromatic rings. The van der Waals surface area contributed by atoms with Crippen LogP contribution in [0.25, 0.3) is 0 Å². The standard InChI is InChI=1S/C30H37N3O5S/c1-5-18-31-30(35)28(20-24-10-7-6-8-11-24)32(21-25-12-9-13-27(19-25)38-3)29(34)22-33(39(4,36)37)26-16-14-23(2)15-17-26/h6-17,19,28H,5,18,20-22H2,1-4H3,(H,31,35)/t28-/m1/s1. The van der Waals surface area contributed by atoms with E-state index in [9.17, 15) is 18.0 Å². The molecular formula is C30H37N3O5S. The Kier molecular flexibility index (Phi) is 10.5. The van der Waals surface area contributed by atoms with Crippen LogP contribution in [0.2, 0.25) is 0 Å². The van der Waals surface area contributed by atoms with Crippen molar-refractivity contribution in [3.8, 4) is 5.75 Å². The lowest BCUT2D eigenvalue weighted by molar-refractivity contribution is -0.140. The Morgan fingerprint density at radius 3 is 2.23 bits per heavy atom. The molecule has 39 heavy (non-hydrogen) atoms. The zero-order valence-electron chi connectivity index (χ0n) is 23.0. The highest BCUT2D eigenvalue weighted by atomic mass is 32.2. The molecule has 0 unspecified atom stereocenters. The number of anilines is 1. The number of carbonyl (C=O) groups excluding carboxylic acids is 2. The molecular weight excluding hydrogens is 514 g/mol. The molecule has 0 aliphatic rings. The van der Waals surface area contributed by atoms with Crippen molar-refractivity contribution >= 4 is 27.5 Å². The Morgan fingerprint density at radius 1 is 0.949 bits per heavy atom. The van der Waals surface area contributed by atoms with Crippen LogP contribution in [0.5, 0.6) is 5.75 Å². The lowest BCUT2D eigenvalue weighted by atomic mass is 10.0. The topological polar surface area (TPSA) is 96.0 Å². The molecule has 0 aliphatic heterocycles. The van der Waals surface area contributed by atoms with Crippen LogP contribution in [0.4, 0.5) is 5.69 Å². The smallest absolute Gasteiger partial charge is 0.244 e. The predicted octanol–water partition coefficient (Wildman–Crippen LogP) is 3.94. The fraction of sp³-hybridized carbons (Fsp3) is 0.333. The zero-order valence-corrected chi connectivity index (χ0v) is 23.8. The summed E-state index contributed by atoms with van der Waals surface area (Å²) in [6.07, 6.45) is 2.08. The van der Waals surface area contributed by atoms with E-state index in [4.69, 9.17) is 4.74 Å². The lowest BCUT2D eigenvalue weighted by Crippen LogP contribution is -2.53. The van der Waals surface area contributed by atoms with Crippen LogP contribution >= 0.6 is 0 Å². The summed E-state index contributed by atoms with van der Waals surface area (Å²) < 4.78 is 32.1. The summed E-state index contributed by atoms with van der Waals surface area (Å²) in [5.74, 6) is -0.165. The minimum absolute atomic E-state index is 0.0958. The van der Waals surface area contributed by atoms with E-state index in [0.717, 1.165) is 33.7 Å². The van der Waals surface area contributed by atoms with E-state index < -0.39 is 28.5 Å². The molecule has 0 saturated carbocycles. The number of hydrogen-bond acceptors (Lipinski definition) is 5. The normalized spacial score (nSPS) is 11.9. The maximum absolute atomic E-state index is 14.0. The van der Waals surface area contributed by atoms with Crippen LogP contribution in [0.1, 0.15) is 30.0 Å². The highest BCUT2D eigenvalue weighted by molar-refractivity contribution is 7.92. The monoisotopic (exact) mass is 551 g/mol. The number of ether oxygens (including phenoxy) is 1. The first-order valence-corrected chi connectivity index (χ1v) is 14.8. The summed E-state index contributed by atoms with van der Waals surface area (Å²) in [5, 5.41) is 2.93. The first kappa shape index (κ1) is 29.7. The van der Waals surface area contributed by atoms with Gasteiger partial charge in [-0.3, -0.25) is 13.9 Å². The van der Waals surface area contributed by atoms with Crippen molar-refractivity contribution in [2.45, 2.75) is 39.3 Å². The SMILES string of the molecule is CCCNC(=O)[C@@H](Cc1ccccc1)N(Cc1cccc(OC)c1)C(=O)CN(c1ccc(C)cc1)S(C)(=O)=O.